The zero-order valence-electron chi connectivity index (χ0n) is 40.6. The van der Waals surface area contributed by atoms with Gasteiger partial charge >= 0.3 is 0 Å². The van der Waals surface area contributed by atoms with Gasteiger partial charge in [-0.25, -0.2) is 0 Å². The molecule has 3 heterocycles. The van der Waals surface area contributed by atoms with E-state index in [-0.39, 0.29) is 24.3 Å². The van der Waals surface area contributed by atoms with E-state index < -0.39 is 152 Å². The monoisotopic (exact) mass is 990 g/mol. The molecule has 4 rings (SSSR count). The molecule has 3 saturated heterocycles. The number of phenols is 1. The minimum absolute atomic E-state index is 0.0136. The molecular formula is C48H75N7O15. The fraction of sp³-hybridized carbons (Fsp3) is 0.708. The molecule has 1 aromatic carbocycles. The van der Waals surface area contributed by atoms with Gasteiger partial charge in [-0.15, -0.1) is 0 Å². The van der Waals surface area contributed by atoms with Crippen molar-refractivity contribution in [1.82, 2.24) is 36.4 Å². The van der Waals surface area contributed by atoms with Crippen LogP contribution in [0.15, 0.2) is 24.3 Å². The van der Waals surface area contributed by atoms with Crippen LogP contribution in [0.1, 0.15) is 123 Å². The lowest BCUT2D eigenvalue weighted by Crippen LogP contribution is -2.63. The second-order valence-corrected chi connectivity index (χ2v) is 19.2. The summed E-state index contributed by atoms with van der Waals surface area (Å²) in [6.45, 7) is 4.44. The highest BCUT2D eigenvalue weighted by Gasteiger charge is 2.49. The molecule has 22 heteroatoms. The van der Waals surface area contributed by atoms with Gasteiger partial charge in [0, 0.05) is 38.3 Å². The largest absolute Gasteiger partial charge is 0.508 e. The quantitative estimate of drug-likeness (QED) is 0.0730. The number of hydrogen-bond acceptors (Lipinski definition) is 15. The second-order valence-electron chi connectivity index (χ2n) is 19.2. The summed E-state index contributed by atoms with van der Waals surface area (Å²) in [4.78, 5) is 113. The Morgan fingerprint density at radius 3 is 2.00 bits per heavy atom. The lowest BCUT2D eigenvalue weighted by Gasteiger charge is -2.33. The molecule has 22 nitrogen and oxygen atoms in total. The fourth-order valence-electron chi connectivity index (χ4n) is 9.04. The highest BCUT2D eigenvalue weighted by atomic mass is 16.3. The zero-order chi connectivity index (χ0) is 51.8. The Hall–Kier alpha value is -5.26. The smallest absolute Gasteiger partial charge is 0.248 e. The number of aliphatic hydroxyl groups excluding tert-OH is 6. The average Bonchev–Trinajstić information content (AvgIpc) is 3.87. The number of hydrogen-bond donors (Lipinski definition) is 12. The van der Waals surface area contributed by atoms with Gasteiger partial charge in [-0.2, -0.15) is 0 Å². The van der Waals surface area contributed by atoms with Crippen molar-refractivity contribution < 1.29 is 74.1 Å². The lowest BCUT2D eigenvalue weighted by atomic mass is 9.97. The van der Waals surface area contributed by atoms with Crippen molar-refractivity contribution in [2.24, 2.45) is 11.8 Å². The van der Waals surface area contributed by atoms with Crippen LogP contribution >= 0.6 is 0 Å². The zero-order valence-corrected chi connectivity index (χ0v) is 40.6. The maximum atomic E-state index is 14.2. The minimum atomic E-state index is -2.24. The van der Waals surface area contributed by atoms with Crippen LogP contribution in [-0.4, -0.2) is 180 Å². The van der Waals surface area contributed by atoms with Crippen molar-refractivity contribution in [3.8, 4) is 5.75 Å². The molecule has 0 bridgehead atoms. The van der Waals surface area contributed by atoms with Gasteiger partial charge in [0.05, 0.1) is 31.5 Å². The maximum Gasteiger partial charge on any atom is 0.248 e. The molecule has 0 aliphatic carbocycles. The number of Topliss-reactive ketones (excluding diaryl/α,β-unsaturated/α-hetero) is 1. The highest BCUT2D eigenvalue weighted by molar-refractivity contribution is 6.00. The molecule has 3 fully saturated rings. The Balaban J connectivity index is 1.63. The van der Waals surface area contributed by atoms with E-state index in [1.165, 1.54) is 56.9 Å². The number of phenolic OH excluding ortho intramolecular Hbond substituents is 1. The Labute approximate surface area is 408 Å². The first-order chi connectivity index (χ1) is 33.2. The van der Waals surface area contributed by atoms with Crippen molar-refractivity contribution in [3.05, 3.63) is 29.8 Å². The number of nitrogens with zero attached hydrogens (tertiary/aromatic N) is 2. The van der Waals surface area contributed by atoms with E-state index in [4.69, 9.17) is 0 Å². The molecule has 13 atom stereocenters. The summed E-state index contributed by atoms with van der Waals surface area (Å²) in [6.07, 6.45) is 0.0786. The normalized spacial score (nSPS) is 28.3. The first kappa shape index (κ1) is 57.3. The molecule has 12 N–H and O–H groups in total. The van der Waals surface area contributed by atoms with Crippen LogP contribution < -0.4 is 26.6 Å². The van der Waals surface area contributed by atoms with E-state index in [0.717, 1.165) is 54.7 Å². The molecule has 7 amide bonds. The molecule has 70 heavy (non-hydrogen) atoms. The van der Waals surface area contributed by atoms with Crippen molar-refractivity contribution in [3.63, 3.8) is 0 Å². The predicted molar refractivity (Wildman–Crippen MR) is 251 cm³/mol. The molecule has 1 unspecified atom stereocenters. The van der Waals surface area contributed by atoms with Crippen LogP contribution in [-0.2, 0) is 38.4 Å². The van der Waals surface area contributed by atoms with Crippen LogP contribution in [0.25, 0.3) is 0 Å². The van der Waals surface area contributed by atoms with Crippen LogP contribution in [0.3, 0.4) is 0 Å². The number of unbranched alkanes of at least 4 members (excludes halogenated alkanes) is 7. The number of aliphatic hydroxyl groups is 6. The molecule has 0 aromatic heterocycles. The van der Waals surface area contributed by atoms with Gasteiger partial charge in [-0.3, -0.25) is 38.4 Å². The number of carbonyl (C=O) groups is 8. The minimum Gasteiger partial charge on any atom is -0.508 e. The first-order valence-electron chi connectivity index (χ1n) is 24.6. The van der Waals surface area contributed by atoms with Gasteiger partial charge in [-0.05, 0) is 37.0 Å². The summed E-state index contributed by atoms with van der Waals surface area (Å²) in [6, 6.07) is -6.11. The van der Waals surface area contributed by atoms with Gasteiger partial charge in [0.15, 0.2) is 5.78 Å². The van der Waals surface area contributed by atoms with Gasteiger partial charge in [0.25, 0.3) is 0 Å². The molecule has 392 valence electrons. The number of amides is 7. The van der Waals surface area contributed by atoms with Crippen molar-refractivity contribution in [1.29, 1.82) is 0 Å². The van der Waals surface area contributed by atoms with E-state index in [1.807, 2.05) is 0 Å². The standard InChI is InChI=1S/C48H75N7O15/c1-5-26(2)14-12-10-8-6-7-9-11-13-15-36(61)50-33-20-31(59)22-49-46(68)39-40(62)27(3)23-55(39)47(69)34(25-56)51-45(67)38(42(64)41(63)29-16-18-30(58)19-17-29)53-44(66)35-21-32(60)24-54(35)48(70)37(28(4)57)52-43(33)65/h16-19,26-28,32-35,37-42,56-58,60,62-64H,5-15,20-25H2,1-4H3,(H,49,68)(H,50,61)(H,51,67)(H,52,65)(H,53,66)/t26?,27-,28+,32+,33-,34-,35-,37-,38-,39-,40-,41-,42-/m0/s1. The van der Waals surface area contributed by atoms with Gasteiger partial charge < -0.3 is 72.1 Å². The summed E-state index contributed by atoms with van der Waals surface area (Å²) >= 11 is 0. The maximum absolute atomic E-state index is 14.2. The third-order valence-electron chi connectivity index (χ3n) is 13.6. The SMILES string of the molecule is CCC(C)CCCCCCCCCCC(=O)N[C@H]1CC(=O)CNC(=O)[C@@H]2[C@@H](O)[C@@H](C)CN2C(=O)[C@H](CO)NC(=O)[C@H]([C@H](O)[C@@H](O)c2ccc(O)cc2)NC(=O)[C@@H]2C[C@@H](O)CN2C(=O)[C@H]([C@@H](C)O)NC1=O. The fourth-order valence-corrected chi connectivity index (χ4v) is 9.04. The Bertz CT molecular complexity index is 1960. The van der Waals surface area contributed by atoms with Crippen molar-refractivity contribution >= 4 is 47.1 Å². The van der Waals surface area contributed by atoms with Gasteiger partial charge in [0.2, 0.25) is 41.4 Å². The average molecular weight is 990 g/mol. The van der Waals surface area contributed by atoms with E-state index in [1.54, 1.807) is 0 Å². The number of ketones is 1. The van der Waals surface area contributed by atoms with E-state index >= 15 is 0 Å². The number of benzene rings is 1. The number of aromatic hydroxyl groups is 1. The van der Waals surface area contributed by atoms with E-state index in [9.17, 15) is 74.1 Å². The summed E-state index contributed by atoms with van der Waals surface area (Å²) in [5.41, 5.74) is -0.0427. The number of carbonyl (C=O) groups excluding carboxylic acids is 8. The molecule has 0 spiro atoms. The number of fused-ring (bicyclic) bond motifs is 2. The summed E-state index contributed by atoms with van der Waals surface area (Å²) < 4.78 is 0. The van der Waals surface area contributed by atoms with Gasteiger partial charge in [-0.1, -0.05) is 90.7 Å². The summed E-state index contributed by atoms with van der Waals surface area (Å²) in [7, 11) is 0. The van der Waals surface area contributed by atoms with Crippen LogP contribution in [0.5, 0.6) is 5.75 Å². The molecule has 3 aliphatic heterocycles. The van der Waals surface area contributed by atoms with Crippen molar-refractivity contribution in [2.75, 3.05) is 26.2 Å². The Morgan fingerprint density at radius 2 is 1.39 bits per heavy atom. The topological polar surface area (TPSA) is 345 Å². The predicted octanol–water partition coefficient (Wildman–Crippen LogP) is -1.70. The Kier molecular flexibility index (Phi) is 22.4. The van der Waals surface area contributed by atoms with E-state index in [2.05, 4.69) is 40.4 Å². The molecular weight excluding hydrogens is 915 g/mol. The highest BCUT2D eigenvalue weighted by Crippen LogP contribution is 2.27. The molecule has 1 aromatic rings. The third kappa shape index (κ3) is 15.9. The van der Waals surface area contributed by atoms with E-state index in [0.29, 0.717) is 6.42 Å². The third-order valence-corrected chi connectivity index (χ3v) is 13.6. The molecule has 0 radical (unpaired) electrons. The second kappa shape index (κ2) is 27.4. The van der Waals surface area contributed by atoms with Gasteiger partial charge in [0.1, 0.15) is 54.2 Å². The Morgan fingerprint density at radius 1 is 0.771 bits per heavy atom. The van der Waals surface area contributed by atoms with Crippen LogP contribution in [0.4, 0.5) is 0 Å². The van der Waals surface area contributed by atoms with Crippen LogP contribution in [0, 0.1) is 11.8 Å². The summed E-state index contributed by atoms with van der Waals surface area (Å²) in [5.74, 6) is -8.49. The molecule has 3 aliphatic rings. The summed E-state index contributed by atoms with van der Waals surface area (Å²) in [5, 5.41) is 87.4. The van der Waals surface area contributed by atoms with Crippen LogP contribution in [0.2, 0.25) is 0 Å². The molecule has 0 saturated carbocycles. The first-order valence-corrected chi connectivity index (χ1v) is 24.6. The lowest BCUT2D eigenvalue weighted by molar-refractivity contribution is -0.147. The number of nitrogens with one attached hydrogen (secondary N) is 5. The van der Waals surface area contributed by atoms with Crippen molar-refractivity contribution in [2.45, 2.75) is 178 Å². The number of rotatable bonds is 18.